The zero-order valence-electron chi connectivity index (χ0n) is 22.8. The molecule has 3 aromatic carbocycles. The van der Waals surface area contributed by atoms with Crippen LogP contribution in [0.15, 0.2) is 72.8 Å². The maximum absolute atomic E-state index is 14.0. The average Bonchev–Trinajstić information content (AvgIpc) is 3.41. The van der Waals surface area contributed by atoms with Gasteiger partial charge in [-0.25, -0.2) is 0 Å². The first-order chi connectivity index (χ1) is 19.1. The quantitative estimate of drug-likeness (QED) is 0.325. The Morgan fingerprint density at radius 2 is 1.72 bits per heavy atom. The summed E-state index contributed by atoms with van der Waals surface area (Å²) in [4.78, 5) is 15.9. The number of benzene rings is 3. The van der Waals surface area contributed by atoms with Gasteiger partial charge in [-0.05, 0) is 72.8 Å². The van der Waals surface area contributed by atoms with Gasteiger partial charge in [-0.15, -0.1) is 0 Å². The van der Waals surface area contributed by atoms with E-state index >= 15 is 0 Å². The Morgan fingerprint density at radius 3 is 2.44 bits per heavy atom. The minimum atomic E-state index is -0.0610. The molecule has 1 aliphatic heterocycles. The molecule has 0 aromatic heterocycles. The van der Waals surface area contributed by atoms with Crippen molar-refractivity contribution in [3.8, 4) is 17.6 Å². The second-order valence-electron chi connectivity index (χ2n) is 9.92. The second kappa shape index (κ2) is 14.3. The molecule has 0 saturated carbocycles. The summed E-state index contributed by atoms with van der Waals surface area (Å²) in [5.74, 6) is 1.82. The van der Waals surface area contributed by atoms with E-state index in [1.165, 1.54) is 5.56 Å². The largest absolute Gasteiger partial charge is 0.493 e. The van der Waals surface area contributed by atoms with Crippen molar-refractivity contribution in [2.75, 3.05) is 47.1 Å². The Hall–Kier alpha value is -3.86. The summed E-state index contributed by atoms with van der Waals surface area (Å²) >= 11 is 0. The number of nitrogens with one attached hydrogen (secondary N) is 1. The predicted molar refractivity (Wildman–Crippen MR) is 151 cm³/mol. The molecule has 1 heterocycles. The fourth-order valence-electron chi connectivity index (χ4n) is 5.05. The zero-order valence-corrected chi connectivity index (χ0v) is 22.8. The number of ether oxygens (including phenoxy) is 3. The van der Waals surface area contributed by atoms with Gasteiger partial charge in [0.05, 0.1) is 25.3 Å². The minimum Gasteiger partial charge on any atom is -0.493 e. The summed E-state index contributed by atoms with van der Waals surface area (Å²) in [6, 6.07) is 25.5. The summed E-state index contributed by atoms with van der Waals surface area (Å²) < 4.78 is 16.5. The van der Waals surface area contributed by atoms with Crippen LogP contribution < -0.4 is 14.8 Å². The first-order valence-corrected chi connectivity index (χ1v) is 13.4. The highest BCUT2D eigenvalue weighted by Crippen LogP contribution is 2.30. The third kappa shape index (κ3) is 7.82. The van der Waals surface area contributed by atoms with Crippen molar-refractivity contribution in [3.63, 3.8) is 0 Å². The standard InChI is InChI=1S/C32H37N3O4/c1-37-15-6-16-39-31-18-27(13-14-30(31)38-2)32(36)35(22-26-11-9-25(19-33)10-12-26)23-29-21-34-20-28(29)17-24-7-4-3-5-8-24/h3-5,7-14,18,28-29,34H,6,15-17,20-23H2,1-2H3. The lowest BCUT2D eigenvalue weighted by molar-refractivity contribution is 0.0704. The molecule has 0 aliphatic carbocycles. The van der Waals surface area contributed by atoms with Crippen molar-refractivity contribution < 1.29 is 19.0 Å². The SMILES string of the molecule is COCCCOc1cc(C(=O)N(Cc2ccc(C#N)cc2)CC2CNCC2Cc2ccccc2)ccc1OC. The van der Waals surface area contributed by atoms with Crippen LogP contribution in [0.3, 0.4) is 0 Å². The Morgan fingerprint density at radius 1 is 0.949 bits per heavy atom. The molecule has 4 rings (SSSR count). The van der Waals surface area contributed by atoms with Gasteiger partial charge in [0.2, 0.25) is 0 Å². The maximum atomic E-state index is 14.0. The van der Waals surface area contributed by atoms with Crippen LogP contribution >= 0.6 is 0 Å². The van der Waals surface area contributed by atoms with Crippen LogP contribution in [-0.4, -0.2) is 57.9 Å². The number of nitrogens with zero attached hydrogens (tertiary/aromatic N) is 2. The van der Waals surface area contributed by atoms with Crippen molar-refractivity contribution in [1.29, 1.82) is 5.26 Å². The van der Waals surface area contributed by atoms with Gasteiger partial charge >= 0.3 is 0 Å². The van der Waals surface area contributed by atoms with Gasteiger partial charge in [0, 0.05) is 38.8 Å². The van der Waals surface area contributed by atoms with E-state index in [2.05, 4.69) is 35.7 Å². The molecule has 39 heavy (non-hydrogen) atoms. The van der Waals surface area contributed by atoms with Crippen LogP contribution in [0.2, 0.25) is 0 Å². The van der Waals surface area contributed by atoms with Crippen LogP contribution in [0.5, 0.6) is 11.5 Å². The van der Waals surface area contributed by atoms with E-state index in [0.29, 0.717) is 60.8 Å². The molecule has 7 nitrogen and oxygen atoms in total. The van der Waals surface area contributed by atoms with Gasteiger partial charge in [0.15, 0.2) is 11.5 Å². The highest BCUT2D eigenvalue weighted by atomic mass is 16.5. The van der Waals surface area contributed by atoms with E-state index in [9.17, 15) is 10.1 Å². The molecule has 1 saturated heterocycles. The van der Waals surface area contributed by atoms with Crippen molar-refractivity contribution in [1.82, 2.24) is 10.2 Å². The molecule has 7 heteroatoms. The molecular formula is C32H37N3O4. The van der Waals surface area contributed by atoms with Crippen LogP contribution in [-0.2, 0) is 17.7 Å². The zero-order chi connectivity index (χ0) is 27.5. The van der Waals surface area contributed by atoms with Gasteiger partial charge in [-0.2, -0.15) is 5.26 Å². The first-order valence-electron chi connectivity index (χ1n) is 13.4. The highest BCUT2D eigenvalue weighted by molar-refractivity contribution is 5.95. The van der Waals surface area contributed by atoms with E-state index in [1.54, 1.807) is 44.6 Å². The minimum absolute atomic E-state index is 0.0610. The van der Waals surface area contributed by atoms with E-state index in [0.717, 1.165) is 31.5 Å². The molecule has 0 spiro atoms. The summed E-state index contributed by atoms with van der Waals surface area (Å²) in [6.45, 7) is 3.94. The molecule has 0 bridgehead atoms. The predicted octanol–water partition coefficient (Wildman–Crippen LogP) is 4.70. The maximum Gasteiger partial charge on any atom is 0.254 e. The van der Waals surface area contributed by atoms with Crippen LogP contribution in [0, 0.1) is 23.2 Å². The Bertz CT molecular complexity index is 1240. The Labute approximate surface area is 231 Å². The lowest BCUT2D eigenvalue weighted by Crippen LogP contribution is -2.37. The lowest BCUT2D eigenvalue weighted by Gasteiger charge is -2.29. The molecule has 1 fully saturated rings. The number of methoxy groups -OCH3 is 2. The number of carbonyl (C=O) groups is 1. The summed E-state index contributed by atoms with van der Waals surface area (Å²) in [6.07, 6.45) is 1.71. The molecule has 1 N–H and O–H groups in total. The topological polar surface area (TPSA) is 83.8 Å². The first kappa shape index (κ1) is 28.2. The van der Waals surface area contributed by atoms with Crippen LogP contribution in [0.25, 0.3) is 0 Å². The molecule has 1 aliphatic rings. The van der Waals surface area contributed by atoms with E-state index in [4.69, 9.17) is 14.2 Å². The van der Waals surface area contributed by atoms with Crippen LogP contribution in [0.4, 0.5) is 0 Å². The third-order valence-corrected chi connectivity index (χ3v) is 7.18. The fourth-order valence-corrected chi connectivity index (χ4v) is 5.05. The summed E-state index contributed by atoms with van der Waals surface area (Å²) in [7, 11) is 3.25. The fraction of sp³-hybridized carbons (Fsp3) is 0.375. The second-order valence-corrected chi connectivity index (χ2v) is 9.92. The Kier molecular flexibility index (Phi) is 10.4. The van der Waals surface area contributed by atoms with E-state index in [1.807, 2.05) is 23.1 Å². The van der Waals surface area contributed by atoms with Gasteiger partial charge < -0.3 is 24.4 Å². The summed E-state index contributed by atoms with van der Waals surface area (Å²) in [5, 5.41) is 12.7. The summed E-state index contributed by atoms with van der Waals surface area (Å²) in [5.41, 5.74) is 3.45. The molecule has 2 atom stereocenters. The van der Waals surface area contributed by atoms with Crippen molar-refractivity contribution in [3.05, 3.63) is 95.1 Å². The van der Waals surface area contributed by atoms with Crippen molar-refractivity contribution in [2.45, 2.75) is 19.4 Å². The number of rotatable bonds is 13. The number of carbonyl (C=O) groups excluding carboxylic acids is 1. The van der Waals surface area contributed by atoms with Gasteiger partial charge in [0.1, 0.15) is 0 Å². The molecule has 2 unspecified atom stereocenters. The molecule has 0 radical (unpaired) electrons. The van der Waals surface area contributed by atoms with E-state index < -0.39 is 0 Å². The number of nitriles is 1. The van der Waals surface area contributed by atoms with Gasteiger partial charge in [0.25, 0.3) is 5.91 Å². The van der Waals surface area contributed by atoms with E-state index in [-0.39, 0.29) is 5.91 Å². The van der Waals surface area contributed by atoms with Crippen LogP contribution in [0.1, 0.15) is 33.5 Å². The van der Waals surface area contributed by atoms with Gasteiger partial charge in [-0.3, -0.25) is 4.79 Å². The molecule has 204 valence electrons. The monoisotopic (exact) mass is 527 g/mol. The normalized spacial score (nSPS) is 16.4. The van der Waals surface area contributed by atoms with Crippen molar-refractivity contribution in [2.24, 2.45) is 11.8 Å². The number of hydrogen-bond donors (Lipinski definition) is 1. The molecule has 1 amide bonds. The smallest absolute Gasteiger partial charge is 0.254 e. The Balaban J connectivity index is 1.56. The number of amides is 1. The highest BCUT2D eigenvalue weighted by Gasteiger charge is 2.31. The third-order valence-electron chi connectivity index (χ3n) is 7.18. The lowest BCUT2D eigenvalue weighted by atomic mass is 9.89. The molecular weight excluding hydrogens is 490 g/mol. The molecule has 3 aromatic rings. The van der Waals surface area contributed by atoms with Crippen molar-refractivity contribution >= 4 is 5.91 Å². The van der Waals surface area contributed by atoms with Gasteiger partial charge in [-0.1, -0.05) is 42.5 Å². The number of hydrogen-bond acceptors (Lipinski definition) is 6. The average molecular weight is 528 g/mol.